The van der Waals surface area contributed by atoms with Crippen LogP contribution in [0.15, 0.2) is 55.3 Å². The van der Waals surface area contributed by atoms with Crippen LogP contribution in [0.3, 0.4) is 0 Å². The van der Waals surface area contributed by atoms with Gasteiger partial charge in [0.2, 0.25) is 0 Å². The number of anilines is 1. The molecule has 1 N–H and O–H groups in total. The minimum Gasteiger partial charge on any atom is -0.497 e. The van der Waals surface area contributed by atoms with E-state index in [0.29, 0.717) is 48.9 Å². The van der Waals surface area contributed by atoms with Gasteiger partial charge in [0.25, 0.3) is 5.91 Å². The molecule has 2 aromatic rings. The summed E-state index contributed by atoms with van der Waals surface area (Å²) < 4.78 is 22.1. The first-order chi connectivity index (χ1) is 17.5. The number of nitrogens with zero attached hydrogens (tertiary/aromatic N) is 1. The number of allylic oxidation sites excluding steroid dienone is 1. The van der Waals surface area contributed by atoms with Crippen LogP contribution in [0.25, 0.3) is 5.57 Å². The second-order valence-electron chi connectivity index (χ2n) is 7.91. The van der Waals surface area contributed by atoms with Gasteiger partial charge in [0.1, 0.15) is 12.4 Å². The second kappa shape index (κ2) is 13.6. The Morgan fingerprint density at radius 1 is 1.19 bits per heavy atom. The molecule has 2 amide bonds. The lowest BCUT2D eigenvalue weighted by Gasteiger charge is -2.26. The SMILES string of the molecule is C=CCOC(=O)N1CCC/C(c2cccc(OC)c2)=C\NC(=O)c2cc(OC)c(OCCCBr)cc21. The summed E-state index contributed by atoms with van der Waals surface area (Å²) in [5.74, 6) is 1.16. The molecule has 0 bridgehead atoms. The number of halogens is 1. The fourth-order valence-corrected chi connectivity index (χ4v) is 3.99. The van der Waals surface area contributed by atoms with Crippen molar-refractivity contribution in [2.75, 3.05) is 44.2 Å². The topological polar surface area (TPSA) is 86.3 Å². The highest BCUT2D eigenvalue weighted by atomic mass is 79.9. The number of rotatable bonds is 9. The van der Waals surface area contributed by atoms with E-state index in [4.69, 9.17) is 18.9 Å². The van der Waals surface area contributed by atoms with Crippen molar-refractivity contribution in [3.8, 4) is 17.2 Å². The van der Waals surface area contributed by atoms with Crippen LogP contribution in [0.5, 0.6) is 17.2 Å². The van der Waals surface area contributed by atoms with Gasteiger partial charge in [-0.25, -0.2) is 4.79 Å². The second-order valence-corrected chi connectivity index (χ2v) is 8.70. The van der Waals surface area contributed by atoms with E-state index in [-0.39, 0.29) is 18.1 Å². The number of carbonyl (C=O) groups is 2. The summed E-state index contributed by atoms with van der Waals surface area (Å²) in [4.78, 5) is 27.9. The summed E-state index contributed by atoms with van der Waals surface area (Å²) >= 11 is 3.39. The first-order valence-electron chi connectivity index (χ1n) is 11.6. The Bertz CT molecular complexity index is 1120. The molecule has 192 valence electrons. The van der Waals surface area contributed by atoms with Gasteiger partial charge < -0.3 is 24.3 Å². The molecule has 0 spiro atoms. The Hall–Kier alpha value is -3.46. The fourth-order valence-electron chi connectivity index (χ4n) is 3.76. The summed E-state index contributed by atoms with van der Waals surface area (Å²) in [5.41, 5.74) is 2.48. The summed E-state index contributed by atoms with van der Waals surface area (Å²) in [6.45, 7) is 4.43. The van der Waals surface area contributed by atoms with Gasteiger partial charge >= 0.3 is 6.09 Å². The highest BCUT2D eigenvalue weighted by molar-refractivity contribution is 9.09. The third kappa shape index (κ3) is 6.81. The molecule has 0 aromatic heterocycles. The molecule has 1 aliphatic heterocycles. The van der Waals surface area contributed by atoms with E-state index in [0.717, 1.165) is 22.9 Å². The van der Waals surface area contributed by atoms with Crippen LogP contribution in [0.2, 0.25) is 0 Å². The molecule has 0 aliphatic carbocycles. The highest BCUT2D eigenvalue weighted by Crippen LogP contribution is 2.37. The summed E-state index contributed by atoms with van der Waals surface area (Å²) in [5, 5.41) is 3.66. The first-order valence-corrected chi connectivity index (χ1v) is 12.7. The highest BCUT2D eigenvalue weighted by Gasteiger charge is 2.27. The Morgan fingerprint density at radius 2 is 2.03 bits per heavy atom. The monoisotopic (exact) mass is 558 g/mol. The van der Waals surface area contributed by atoms with Crippen LogP contribution in [0.1, 0.15) is 35.2 Å². The first kappa shape index (κ1) is 27.1. The number of amides is 2. The molecule has 2 aromatic carbocycles. The predicted octanol–water partition coefficient (Wildman–Crippen LogP) is 5.56. The molecule has 1 heterocycles. The zero-order chi connectivity index (χ0) is 25.9. The molecule has 0 unspecified atom stereocenters. The molecule has 0 radical (unpaired) electrons. The van der Waals surface area contributed by atoms with E-state index in [1.165, 1.54) is 18.1 Å². The van der Waals surface area contributed by atoms with Crippen LogP contribution in [0, 0.1) is 0 Å². The number of alkyl halides is 1. The molecule has 3 rings (SSSR count). The molecule has 0 saturated carbocycles. The normalized spacial score (nSPS) is 15.0. The summed E-state index contributed by atoms with van der Waals surface area (Å²) in [6.07, 6.45) is 4.64. The van der Waals surface area contributed by atoms with Crippen LogP contribution in [0.4, 0.5) is 10.5 Å². The fraction of sp³-hybridized carbons (Fsp3) is 0.333. The van der Waals surface area contributed by atoms with E-state index in [1.807, 2.05) is 24.3 Å². The van der Waals surface area contributed by atoms with Crippen molar-refractivity contribution in [2.24, 2.45) is 0 Å². The van der Waals surface area contributed by atoms with Crippen molar-refractivity contribution in [1.82, 2.24) is 5.32 Å². The molecule has 9 heteroatoms. The maximum Gasteiger partial charge on any atom is 0.414 e. The number of methoxy groups -OCH3 is 2. The van der Waals surface area contributed by atoms with E-state index in [1.54, 1.807) is 25.4 Å². The maximum atomic E-state index is 13.4. The number of hydrogen-bond acceptors (Lipinski definition) is 6. The van der Waals surface area contributed by atoms with Crippen LogP contribution in [-0.2, 0) is 4.74 Å². The Kier molecular flexibility index (Phi) is 10.2. The number of benzene rings is 2. The van der Waals surface area contributed by atoms with Gasteiger partial charge in [0, 0.05) is 24.1 Å². The standard InChI is InChI=1S/C27H31BrN2O6/c1-4-13-36-27(32)30-12-6-9-20(19-8-5-10-21(15-19)33-2)18-29-26(31)22-16-24(34-3)25(17-23(22)30)35-14-7-11-28/h4-5,8,10,15-18H,1,6-7,9,11-14H2,2-3H3,(H,29,31)/b20-18+. The van der Waals surface area contributed by atoms with Crippen LogP contribution >= 0.6 is 15.9 Å². The van der Waals surface area contributed by atoms with Crippen LogP contribution in [-0.4, -0.2) is 51.3 Å². The summed E-state index contributed by atoms with van der Waals surface area (Å²) in [7, 11) is 3.12. The minimum absolute atomic E-state index is 0.0522. The lowest BCUT2D eigenvalue weighted by Crippen LogP contribution is -2.35. The Balaban J connectivity index is 2.05. The van der Waals surface area contributed by atoms with Crippen molar-refractivity contribution >= 4 is 39.2 Å². The van der Waals surface area contributed by atoms with Gasteiger partial charge in [-0.1, -0.05) is 40.7 Å². The third-order valence-corrected chi connectivity index (χ3v) is 6.10. The molecular weight excluding hydrogens is 528 g/mol. The van der Waals surface area contributed by atoms with Crippen molar-refractivity contribution in [2.45, 2.75) is 19.3 Å². The maximum absolute atomic E-state index is 13.4. The smallest absolute Gasteiger partial charge is 0.414 e. The van der Waals surface area contributed by atoms with Crippen molar-refractivity contribution in [3.63, 3.8) is 0 Å². The van der Waals surface area contributed by atoms with Gasteiger partial charge in [0.05, 0.1) is 32.1 Å². The average molecular weight is 559 g/mol. The Morgan fingerprint density at radius 3 is 2.75 bits per heavy atom. The van der Waals surface area contributed by atoms with E-state index in [9.17, 15) is 9.59 Å². The molecule has 8 nitrogen and oxygen atoms in total. The largest absolute Gasteiger partial charge is 0.497 e. The van der Waals surface area contributed by atoms with Crippen molar-refractivity contribution in [3.05, 3.63) is 66.4 Å². The molecule has 0 saturated heterocycles. The van der Waals surface area contributed by atoms with E-state index in [2.05, 4.69) is 27.8 Å². The zero-order valence-corrected chi connectivity index (χ0v) is 22.1. The number of ether oxygens (including phenoxy) is 4. The minimum atomic E-state index is -0.576. The van der Waals surface area contributed by atoms with Crippen molar-refractivity contribution < 1.29 is 28.5 Å². The van der Waals surface area contributed by atoms with Gasteiger partial charge in [-0.2, -0.15) is 0 Å². The quantitative estimate of drug-likeness (QED) is 0.246. The molecule has 0 fully saturated rings. The Labute approximate surface area is 220 Å². The van der Waals surface area contributed by atoms with E-state index < -0.39 is 6.09 Å². The number of fused-ring (bicyclic) bond motifs is 1. The molecular formula is C27H31BrN2O6. The zero-order valence-electron chi connectivity index (χ0n) is 20.6. The molecule has 1 aliphatic rings. The van der Waals surface area contributed by atoms with Crippen LogP contribution < -0.4 is 24.4 Å². The van der Waals surface area contributed by atoms with Gasteiger partial charge in [-0.15, -0.1) is 0 Å². The predicted molar refractivity (Wildman–Crippen MR) is 143 cm³/mol. The van der Waals surface area contributed by atoms with E-state index >= 15 is 0 Å². The van der Waals surface area contributed by atoms with Gasteiger partial charge in [-0.3, -0.25) is 9.69 Å². The number of carbonyl (C=O) groups excluding carboxylic acids is 2. The number of hydrogen-bond donors (Lipinski definition) is 1. The van der Waals surface area contributed by atoms with Gasteiger partial charge in [0.15, 0.2) is 11.5 Å². The lowest BCUT2D eigenvalue weighted by atomic mass is 10.0. The molecule has 0 atom stereocenters. The van der Waals surface area contributed by atoms with Crippen molar-refractivity contribution in [1.29, 1.82) is 0 Å². The third-order valence-electron chi connectivity index (χ3n) is 5.54. The number of nitrogens with one attached hydrogen (secondary N) is 1. The van der Waals surface area contributed by atoms with Gasteiger partial charge in [-0.05, 0) is 48.6 Å². The lowest BCUT2D eigenvalue weighted by molar-refractivity contribution is 0.0970. The molecule has 36 heavy (non-hydrogen) atoms. The average Bonchev–Trinajstić information content (AvgIpc) is 2.91. The summed E-state index contributed by atoms with van der Waals surface area (Å²) in [6, 6.07) is 10.9.